The Kier molecular flexibility index (Phi) is 3.50. The van der Waals surface area contributed by atoms with Crippen LogP contribution in [0.5, 0.6) is 5.75 Å². The molecule has 2 aromatic rings. The van der Waals surface area contributed by atoms with E-state index in [0.717, 1.165) is 0 Å². The van der Waals surface area contributed by atoms with Gasteiger partial charge in [-0.3, -0.25) is 0 Å². The minimum absolute atomic E-state index is 0.117. The molecule has 0 aliphatic heterocycles. The minimum Gasteiger partial charge on any atom is -0.508 e. The fourth-order valence-corrected chi connectivity index (χ4v) is 2.21. The highest BCUT2D eigenvalue weighted by molar-refractivity contribution is 7.89. The molecule has 2 aromatic carbocycles. The molecule has 0 aromatic heterocycles. The van der Waals surface area contributed by atoms with Gasteiger partial charge in [0.2, 0.25) is 0 Å². The summed E-state index contributed by atoms with van der Waals surface area (Å²) in [7, 11) is -3.59. The molecule has 94 valence electrons. The second-order valence-corrected chi connectivity index (χ2v) is 5.27. The Hall–Kier alpha value is -2.05. The zero-order valence-electron chi connectivity index (χ0n) is 9.37. The molecular weight excluding hydrogens is 252 g/mol. The van der Waals surface area contributed by atoms with Crippen LogP contribution in [0.1, 0.15) is 0 Å². The number of phenols is 1. The molecule has 0 amide bonds. The number of benzene rings is 2. The monoisotopic (exact) mass is 264 g/mol. The van der Waals surface area contributed by atoms with Crippen molar-refractivity contribution < 1.29 is 13.5 Å². The summed E-state index contributed by atoms with van der Waals surface area (Å²) in [6, 6.07) is 14.1. The van der Waals surface area contributed by atoms with E-state index < -0.39 is 10.0 Å². The molecule has 0 radical (unpaired) electrons. The number of aromatic hydroxyl groups is 1. The Morgan fingerprint density at radius 2 is 1.50 bits per heavy atom. The Morgan fingerprint density at radius 1 is 0.889 bits per heavy atom. The van der Waals surface area contributed by atoms with E-state index in [1.54, 1.807) is 30.3 Å². The molecule has 0 aliphatic rings. The number of phenolic OH excluding ortho intramolecular Hbond substituents is 1. The summed E-state index contributed by atoms with van der Waals surface area (Å²) in [4.78, 5) is 2.43. The molecule has 0 heterocycles. The molecule has 0 bridgehead atoms. The quantitative estimate of drug-likeness (QED) is 0.580. The van der Waals surface area contributed by atoms with Crippen LogP contribution in [0.3, 0.4) is 0 Å². The summed E-state index contributed by atoms with van der Waals surface area (Å²) in [5.74, 6) is 0.117. The molecule has 2 rings (SSSR count). The van der Waals surface area contributed by atoms with Crippen molar-refractivity contribution in [1.82, 2.24) is 4.83 Å². The lowest BCUT2D eigenvalue weighted by atomic mass is 10.3. The molecule has 0 saturated heterocycles. The van der Waals surface area contributed by atoms with Gasteiger partial charge in [0.25, 0.3) is 10.0 Å². The SMILES string of the molecule is O=S(=O)(NNc1ccc(O)cc1)c1ccccc1. The van der Waals surface area contributed by atoms with E-state index in [2.05, 4.69) is 10.3 Å². The van der Waals surface area contributed by atoms with Gasteiger partial charge in [-0.1, -0.05) is 18.2 Å². The van der Waals surface area contributed by atoms with Crippen LogP contribution in [0.25, 0.3) is 0 Å². The lowest BCUT2D eigenvalue weighted by Crippen LogP contribution is -2.29. The fourth-order valence-electron chi connectivity index (χ4n) is 1.33. The van der Waals surface area contributed by atoms with Crippen molar-refractivity contribution in [3.8, 4) is 5.75 Å². The average Bonchev–Trinajstić information content (AvgIpc) is 2.39. The number of nitrogens with one attached hydrogen (secondary N) is 2. The zero-order valence-corrected chi connectivity index (χ0v) is 10.2. The van der Waals surface area contributed by atoms with Gasteiger partial charge in [-0.25, -0.2) is 8.42 Å². The molecule has 0 aliphatic carbocycles. The second-order valence-electron chi connectivity index (χ2n) is 3.59. The van der Waals surface area contributed by atoms with Crippen molar-refractivity contribution in [2.75, 3.05) is 5.43 Å². The molecule has 0 spiro atoms. The third-order valence-electron chi connectivity index (χ3n) is 2.25. The van der Waals surface area contributed by atoms with E-state index in [-0.39, 0.29) is 10.6 Å². The summed E-state index contributed by atoms with van der Waals surface area (Å²) in [5, 5.41) is 9.10. The largest absolute Gasteiger partial charge is 0.508 e. The average molecular weight is 264 g/mol. The van der Waals surface area contributed by atoms with Gasteiger partial charge in [-0.2, -0.15) is 0 Å². The van der Waals surface area contributed by atoms with Gasteiger partial charge < -0.3 is 10.5 Å². The summed E-state index contributed by atoms with van der Waals surface area (Å²) in [5.41, 5.74) is 3.10. The summed E-state index contributed by atoms with van der Waals surface area (Å²) in [6.45, 7) is 0. The third kappa shape index (κ3) is 2.99. The Labute approximate surface area is 105 Å². The summed E-state index contributed by atoms with van der Waals surface area (Å²) in [6.07, 6.45) is 0. The second kappa shape index (κ2) is 5.07. The first-order valence-electron chi connectivity index (χ1n) is 5.20. The first kappa shape index (κ1) is 12.4. The van der Waals surface area contributed by atoms with Crippen LogP contribution in [-0.2, 0) is 10.0 Å². The number of anilines is 1. The molecule has 5 nitrogen and oxygen atoms in total. The third-order valence-corrected chi connectivity index (χ3v) is 3.51. The molecule has 18 heavy (non-hydrogen) atoms. The number of hydrazine groups is 1. The van der Waals surface area contributed by atoms with Crippen molar-refractivity contribution in [3.05, 3.63) is 54.6 Å². The molecule has 0 saturated carbocycles. The maximum Gasteiger partial charge on any atom is 0.257 e. The van der Waals surface area contributed by atoms with E-state index in [4.69, 9.17) is 5.11 Å². The summed E-state index contributed by atoms with van der Waals surface area (Å²) < 4.78 is 23.7. The highest BCUT2D eigenvalue weighted by Gasteiger charge is 2.12. The van der Waals surface area contributed by atoms with E-state index in [1.165, 1.54) is 24.3 Å². The van der Waals surface area contributed by atoms with E-state index >= 15 is 0 Å². The standard InChI is InChI=1S/C12H12N2O3S/c15-11-8-6-10(7-9-11)13-14-18(16,17)12-4-2-1-3-5-12/h1-9,13-15H. The van der Waals surface area contributed by atoms with E-state index in [1.807, 2.05) is 0 Å². The molecule has 0 atom stereocenters. The van der Waals surface area contributed by atoms with Crippen molar-refractivity contribution in [3.63, 3.8) is 0 Å². The van der Waals surface area contributed by atoms with Crippen molar-refractivity contribution >= 4 is 15.7 Å². The van der Waals surface area contributed by atoms with E-state index in [9.17, 15) is 8.42 Å². The first-order valence-corrected chi connectivity index (χ1v) is 6.68. The lowest BCUT2D eigenvalue weighted by Gasteiger charge is -2.09. The molecule has 0 fully saturated rings. The molecule has 0 unspecified atom stereocenters. The lowest BCUT2D eigenvalue weighted by molar-refractivity contribution is 0.475. The molecule has 3 N–H and O–H groups in total. The van der Waals surface area contributed by atoms with Crippen molar-refractivity contribution in [2.24, 2.45) is 0 Å². The first-order chi connectivity index (χ1) is 8.58. The van der Waals surface area contributed by atoms with Gasteiger partial charge in [0.15, 0.2) is 0 Å². The minimum atomic E-state index is -3.59. The number of hydrogen-bond acceptors (Lipinski definition) is 4. The van der Waals surface area contributed by atoms with Crippen LogP contribution < -0.4 is 10.3 Å². The van der Waals surface area contributed by atoms with Crippen LogP contribution in [0.15, 0.2) is 59.5 Å². The normalized spacial score (nSPS) is 11.1. The van der Waals surface area contributed by atoms with Crippen LogP contribution in [0.2, 0.25) is 0 Å². The molecular formula is C12H12N2O3S. The van der Waals surface area contributed by atoms with Crippen LogP contribution in [-0.4, -0.2) is 13.5 Å². The van der Waals surface area contributed by atoms with Crippen LogP contribution in [0.4, 0.5) is 5.69 Å². The summed E-state index contributed by atoms with van der Waals surface area (Å²) >= 11 is 0. The van der Waals surface area contributed by atoms with Crippen LogP contribution >= 0.6 is 0 Å². The van der Waals surface area contributed by atoms with Gasteiger partial charge in [-0.05, 0) is 36.4 Å². The predicted molar refractivity (Wildman–Crippen MR) is 68.5 cm³/mol. The maximum atomic E-state index is 11.8. The highest BCUT2D eigenvalue weighted by atomic mass is 32.2. The number of sulfonamides is 1. The van der Waals surface area contributed by atoms with E-state index in [0.29, 0.717) is 5.69 Å². The maximum absolute atomic E-state index is 11.8. The number of rotatable bonds is 4. The van der Waals surface area contributed by atoms with Gasteiger partial charge in [0.05, 0.1) is 10.6 Å². The zero-order chi connectivity index (χ0) is 13.0. The highest BCUT2D eigenvalue weighted by Crippen LogP contribution is 2.13. The van der Waals surface area contributed by atoms with Gasteiger partial charge in [-0.15, -0.1) is 4.83 Å². The predicted octanol–water partition coefficient (Wildman–Crippen LogP) is 1.70. The molecule has 6 heteroatoms. The van der Waals surface area contributed by atoms with Crippen molar-refractivity contribution in [1.29, 1.82) is 0 Å². The van der Waals surface area contributed by atoms with Gasteiger partial charge in [0, 0.05) is 0 Å². The Bertz CT molecular complexity index is 610. The number of hydrogen-bond donors (Lipinski definition) is 3. The topological polar surface area (TPSA) is 78.4 Å². The van der Waals surface area contributed by atoms with Crippen molar-refractivity contribution in [2.45, 2.75) is 4.90 Å². The van der Waals surface area contributed by atoms with Gasteiger partial charge in [0.1, 0.15) is 5.75 Å². The van der Waals surface area contributed by atoms with Crippen LogP contribution in [0, 0.1) is 0 Å². The Morgan fingerprint density at radius 3 is 2.11 bits per heavy atom. The van der Waals surface area contributed by atoms with Gasteiger partial charge >= 0.3 is 0 Å². The Balaban J connectivity index is 2.08. The smallest absolute Gasteiger partial charge is 0.257 e. The fraction of sp³-hybridized carbons (Fsp3) is 0.